The summed E-state index contributed by atoms with van der Waals surface area (Å²) in [6, 6.07) is 2.25. The highest BCUT2D eigenvalue weighted by Crippen LogP contribution is 2.33. The third-order valence-electron chi connectivity index (χ3n) is 2.65. The van der Waals surface area contributed by atoms with Crippen molar-refractivity contribution in [2.75, 3.05) is 45.7 Å². The van der Waals surface area contributed by atoms with Crippen LogP contribution in [0.25, 0.3) is 0 Å². The van der Waals surface area contributed by atoms with Crippen LogP contribution in [-0.2, 0) is 10.9 Å². The predicted molar refractivity (Wildman–Crippen MR) is 79.0 cm³/mol. The Balaban J connectivity index is 2.42. The van der Waals surface area contributed by atoms with Crippen molar-refractivity contribution in [1.82, 2.24) is 15.6 Å². The minimum Gasteiger partial charge on any atom is -0.383 e. The average Bonchev–Trinajstić information content (AvgIpc) is 2.49. The lowest BCUT2D eigenvalue weighted by atomic mass is 10.2. The number of guanidine groups is 1. The van der Waals surface area contributed by atoms with Crippen molar-refractivity contribution in [1.29, 1.82) is 0 Å². The van der Waals surface area contributed by atoms with Crippen LogP contribution < -0.4 is 16.0 Å². The van der Waals surface area contributed by atoms with Crippen molar-refractivity contribution in [3.05, 3.63) is 23.9 Å². The highest BCUT2D eigenvalue weighted by Gasteiger charge is 2.33. The fourth-order valence-electron chi connectivity index (χ4n) is 1.63. The van der Waals surface area contributed by atoms with Crippen LogP contribution in [0, 0.1) is 0 Å². The van der Waals surface area contributed by atoms with Gasteiger partial charge in [-0.1, -0.05) is 0 Å². The minimum atomic E-state index is -4.43. The molecular weight excluding hydrogens is 299 g/mol. The summed E-state index contributed by atoms with van der Waals surface area (Å²) < 4.78 is 43.2. The largest absolute Gasteiger partial charge is 0.419 e. The Morgan fingerprint density at radius 1 is 1.27 bits per heavy atom. The molecule has 0 spiro atoms. The first-order valence-corrected chi connectivity index (χ1v) is 6.68. The lowest BCUT2D eigenvalue weighted by Crippen LogP contribution is -2.40. The Kier molecular flexibility index (Phi) is 7.44. The summed E-state index contributed by atoms with van der Waals surface area (Å²) in [5, 5.41) is 8.63. The normalized spacial score (nSPS) is 12.1. The molecule has 1 heterocycles. The molecule has 0 radical (unpaired) electrons. The second-order valence-corrected chi connectivity index (χ2v) is 4.24. The van der Waals surface area contributed by atoms with Gasteiger partial charge in [0.1, 0.15) is 5.82 Å². The summed E-state index contributed by atoms with van der Waals surface area (Å²) in [5.41, 5.74) is -0.780. The average molecular weight is 319 g/mol. The molecule has 0 atom stereocenters. The Morgan fingerprint density at radius 3 is 2.64 bits per heavy atom. The monoisotopic (exact) mass is 319 g/mol. The smallest absolute Gasteiger partial charge is 0.383 e. The van der Waals surface area contributed by atoms with E-state index in [-0.39, 0.29) is 12.4 Å². The number of methoxy groups -OCH3 is 1. The highest BCUT2D eigenvalue weighted by molar-refractivity contribution is 5.79. The molecule has 0 unspecified atom stereocenters. The van der Waals surface area contributed by atoms with E-state index in [1.54, 1.807) is 14.2 Å². The number of aromatic nitrogens is 1. The second kappa shape index (κ2) is 9.08. The lowest BCUT2D eigenvalue weighted by molar-refractivity contribution is -0.137. The molecule has 124 valence electrons. The number of pyridine rings is 1. The van der Waals surface area contributed by atoms with Crippen molar-refractivity contribution in [3.8, 4) is 0 Å². The van der Waals surface area contributed by atoms with Crippen LogP contribution in [0.3, 0.4) is 0 Å². The number of aliphatic imine (C=N–C) groups is 1. The molecule has 3 N–H and O–H groups in total. The number of hydrogen-bond donors (Lipinski definition) is 3. The fraction of sp³-hybridized carbons (Fsp3) is 0.538. The number of anilines is 1. The van der Waals surface area contributed by atoms with Gasteiger partial charge >= 0.3 is 6.18 Å². The molecule has 0 aliphatic heterocycles. The van der Waals surface area contributed by atoms with Crippen LogP contribution in [0.1, 0.15) is 5.56 Å². The molecule has 0 aliphatic carbocycles. The molecule has 0 aliphatic rings. The number of hydrogen-bond acceptors (Lipinski definition) is 4. The third kappa shape index (κ3) is 6.17. The summed E-state index contributed by atoms with van der Waals surface area (Å²) >= 11 is 0. The second-order valence-electron chi connectivity index (χ2n) is 4.24. The minimum absolute atomic E-state index is 0.181. The van der Waals surface area contributed by atoms with Gasteiger partial charge in [0.2, 0.25) is 0 Å². The summed E-state index contributed by atoms with van der Waals surface area (Å²) in [7, 11) is 3.20. The zero-order valence-corrected chi connectivity index (χ0v) is 12.5. The quantitative estimate of drug-likeness (QED) is 0.402. The van der Waals surface area contributed by atoms with E-state index in [1.807, 2.05) is 0 Å². The fourth-order valence-corrected chi connectivity index (χ4v) is 1.63. The van der Waals surface area contributed by atoms with Crippen LogP contribution in [0.4, 0.5) is 19.0 Å². The maximum Gasteiger partial charge on any atom is 0.419 e. The molecule has 0 saturated heterocycles. The van der Waals surface area contributed by atoms with Gasteiger partial charge in [0.15, 0.2) is 5.96 Å². The maximum absolute atomic E-state index is 12.8. The third-order valence-corrected chi connectivity index (χ3v) is 2.65. The van der Waals surface area contributed by atoms with E-state index in [4.69, 9.17) is 4.74 Å². The van der Waals surface area contributed by atoms with E-state index in [0.29, 0.717) is 25.7 Å². The topological polar surface area (TPSA) is 70.6 Å². The van der Waals surface area contributed by atoms with Crippen molar-refractivity contribution < 1.29 is 17.9 Å². The standard InChI is InChI=1S/C13H20F3N5O/c1-17-12(21-8-9-22-2)20-7-6-19-11-10(13(14,15)16)4-3-5-18-11/h3-5H,6-9H2,1-2H3,(H,18,19)(H2,17,20,21). The molecular formula is C13H20F3N5O. The Hall–Kier alpha value is -2.03. The van der Waals surface area contributed by atoms with Gasteiger partial charge in [-0.3, -0.25) is 4.99 Å². The summed E-state index contributed by atoms with van der Waals surface area (Å²) in [6.07, 6.45) is -3.11. The molecule has 9 heteroatoms. The molecule has 1 aromatic heterocycles. The van der Waals surface area contributed by atoms with Crippen LogP contribution in [-0.4, -0.2) is 51.3 Å². The Labute approximate surface area is 127 Å². The summed E-state index contributed by atoms with van der Waals surface area (Å²) in [5.74, 6) is 0.370. The SMILES string of the molecule is CN=C(NCCNc1ncccc1C(F)(F)F)NCCOC. The number of halogens is 3. The van der Waals surface area contributed by atoms with Gasteiger partial charge in [-0.25, -0.2) is 4.98 Å². The van der Waals surface area contributed by atoms with E-state index < -0.39 is 11.7 Å². The van der Waals surface area contributed by atoms with Gasteiger partial charge in [0.05, 0.1) is 12.2 Å². The molecule has 0 aromatic carbocycles. The number of ether oxygens (including phenoxy) is 1. The summed E-state index contributed by atoms with van der Waals surface area (Å²) in [6.45, 7) is 1.77. The number of nitrogens with zero attached hydrogens (tertiary/aromatic N) is 2. The number of alkyl halides is 3. The first kappa shape index (κ1) is 18.0. The molecule has 0 bridgehead atoms. The van der Waals surface area contributed by atoms with Crippen LogP contribution in [0.5, 0.6) is 0 Å². The van der Waals surface area contributed by atoms with Gasteiger partial charge in [-0.2, -0.15) is 13.2 Å². The predicted octanol–water partition coefficient (Wildman–Crippen LogP) is 1.32. The molecule has 22 heavy (non-hydrogen) atoms. The molecule has 6 nitrogen and oxygen atoms in total. The van der Waals surface area contributed by atoms with Gasteiger partial charge in [-0.15, -0.1) is 0 Å². The number of rotatable bonds is 7. The first-order valence-electron chi connectivity index (χ1n) is 6.68. The Bertz CT molecular complexity index is 479. The van der Waals surface area contributed by atoms with Crippen LogP contribution in [0.15, 0.2) is 23.3 Å². The van der Waals surface area contributed by atoms with E-state index in [0.717, 1.165) is 6.07 Å². The molecule has 0 saturated carbocycles. The van der Waals surface area contributed by atoms with Crippen molar-refractivity contribution in [2.45, 2.75) is 6.18 Å². The zero-order valence-electron chi connectivity index (χ0n) is 12.5. The molecule has 0 fully saturated rings. The Morgan fingerprint density at radius 2 is 2.00 bits per heavy atom. The van der Waals surface area contributed by atoms with E-state index in [2.05, 4.69) is 25.9 Å². The number of nitrogens with one attached hydrogen (secondary N) is 3. The van der Waals surface area contributed by atoms with E-state index in [9.17, 15) is 13.2 Å². The molecule has 1 rings (SSSR count). The van der Waals surface area contributed by atoms with Crippen LogP contribution >= 0.6 is 0 Å². The highest BCUT2D eigenvalue weighted by atomic mass is 19.4. The first-order chi connectivity index (χ1) is 10.5. The van der Waals surface area contributed by atoms with E-state index >= 15 is 0 Å². The zero-order chi connectivity index (χ0) is 16.4. The van der Waals surface area contributed by atoms with Crippen molar-refractivity contribution >= 4 is 11.8 Å². The molecule has 1 aromatic rings. The molecule has 0 amide bonds. The van der Waals surface area contributed by atoms with E-state index in [1.165, 1.54) is 12.3 Å². The lowest BCUT2D eigenvalue weighted by Gasteiger charge is -2.14. The van der Waals surface area contributed by atoms with Gasteiger partial charge in [0, 0.05) is 40.0 Å². The van der Waals surface area contributed by atoms with Crippen molar-refractivity contribution in [2.24, 2.45) is 4.99 Å². The summed E-state index contributed by atoms with van der Waals surface area (Å²) in [4.78, 5) is 7.70. The van der Waals surface area contributed by atoms with Crippen LogP contribution in [0.2, 0.25) is 0 Å². The van der Waals surface area contributed by atoms with Gasteiger partial charge in [0.25, 0.3) is 0 Å². The maximum atomic E-state index is 12.8. The van der Waals surface area contributed by atoms with Gasteiger partial charge in [-0.05, 0) is 12.1 Å². The van der Waals surface area contributed by atoms with Gasteiger partial charge < -0.3 is 20.7 Å². The van der Waals surface area contributed by atoms with Crippen molar-refractivity contribution in [3.63, 3.8) is 0 Å².